The molecule has 1 heterocycles. The smallest absolute Gasteiger partial charge is 0.269 e. The van der Waals surface area contributed by atoms with Gasteiger partial charge in [0.25, 0.3) is 21.8 Å². The van der Waals surface area contributed by atoms with Crippen molar-refractivity contribution in [3.63, 3.8) is 0 Å². The number of anilines is 1. The van der Waals surface area contributed by atoms with Crippen LogP contribution in [-0.2, 0) is 10.0 Å². The van der Waals surface area contributed by atoms with Gasteiger partial charge in [-0.1, -0.05) is 55.7 Å². The van der Waals surface area contributed by atoms with E-state index in [1.54, 1.807) is 6.07 Å². The number of carbonyl (C=O) groups excluding carboxylic acids is 2. The number of carbonyl (C=O) groups is 2. The van der Waals surface area contributed by atoms with Crippen molar-refractivity contribution < 1.29 is 18.0 Å². The highest BCUT2D eigenvalue weighted by Gasteiger charge is 2.45. The van der Waals surface area contributed by atoms with Gasteiger partial charge in [0.2, 0.25) is 0 Å². The van der Waals surface area contributed by atoms with Crippen LogP contribution in [0.3, 0.4) is 0 Å². The van der Waals surface area contributed by atoms with E-state index in [9.17, 15) is 18.0 Å². The number of nitrogens with one attached hydrogen (secondary N) is 1. The summed E-state index contributed by atoms with van der Waals surface area (Å²) in [6.07, 6.45) is 4.27. The molecule has 1 aliphatic heterocycles. The summed E-state index contributed by atoms with van der Waals surface area (Å²) >= 11 is 0. The molecule has 0 aromatic heterocycles. The van der Waals surface area contributed by atoms with Gasteiger partial charge in [-0.15, -0.1) is 0 Å². The van der Waals surface area contributed by atoms with Gasteiger partial charge in [0, 0.05) is 22.7 Å². The Morgan fingerprint density at radius 3 is 2.48 bits per heavy atom. The zero-order valence-electron chi connectivity index (χ0n) is 16.9. The summed E-state index contributed by atoms with van der Waals surface area (Å²) in [5, 5.41) is 4.76. The summed E-state index contributed by atoms with van der Waals surface area (Å²) in [7, 11) is -3.95. The van der Waals surface area contributed by atoms with Gasteiger partial charge in [-0.2, -0.15) is 0 Å². The fourth-order valence-electron chi connectivity index (χ4n) is 4.59. The highest BCUT2D eigenvalue weighted by Crippen LogP contribution is 2.36. The minimum atomic E-state index is -3.95. The lowest BCUT2D eigenvalue weighted by molar-refractivity contribution is 0.0809. The third kappa shape index (κ3) is 3.29. The molecule has 3 aromatic carbocycles. The number of hydrogen-bond donors (Lipinski definition) is 1. The van der Waals surface area contributed by atoms with Crippen LogP contribution in [0.2, 0.25) is 0 Å². The molecule has 0 radical (unpaired) electrons. The molecule has 2 amide bonds. The van der Waals surface area contributed by atoms with Crippen molar-refractivity contribution >= 4 is 38.3 Å². The molecule has 5 rings (SSSR count). The molecule has 6 nitrogen and oxygen atoms in total. The molecule has 0 unspecified atom stereocenters. The highest BCUT2D eigenvalue weighted by molar-refractivity contribution is 7.90. The van der Waals surface area contributed by atoms with Crippen LogP contribution in [-0.4, -0.2) is 30.6 Å². The van der Waals surface area contributed by atoms with E-state index in [0.717, 1.165) is 34.3 Å². The number of fused-ring (bicyclic) bond motifs is 2. The number of nitrogens with zero attached hydrogens (tertiary/aromatic N) is 1. The van der Waals surface area contributed by atoms with Gasteiger partial charge in [-0.3, -0.25) is 9.59 Å². The second-order valence-corrected chi connectivity index (χ2v) is 9.87. The first kappa shape index (κ1) is 19.8. The van der Waals surface area contributed by atoms with Crippen LogP contribution in [0.15, 0.2) is 65.6 Å². The fraction of sp³-hybridized carbons (Fsp3) is 0.250. The third-order valence-corrected chi connectivity index (χ3v) is 8.03. The van der Waals surface area contributed by atoms with Crippen molar-refractivity contribution in [3.05, 3.63) is 71.8 Å². The van der Waals surface area contributed by atoms with E-state index < -0.39 is 21.8 Å². The first-order valence-electron chi connectivity index (χ1n) is 10.5. The van der Waals surface area contributed by atoms with Crippen molar-refractivity contribution in [1.29, 1.82) is 0 Å². The molecule has 0 bridgehead atoms. The van der Waals surface area contributed by atoms with Gasteiger partial charge in [0.05, 0.1) is 5.56 Å². The average molecular weight is 435 g/mol. The Bertz CT molecular complexity index is 1300. The molecule has 0 spiro atoms. The minimum absolute atomic E-state index is 0.0753. The lowest BCUT2D eigenvalue weighted by atomic mass is 9.95. The molecule has 0 saturated heterocycles. The van der Waals surface area contributed by atoms with Crippen LogP contribution in [0.25, 0.3) is 10.8 Å². The molecule has 1 aliphatic carbocycles. The van der Waals surface area contributed by atoms with Crippen LogP contribution in [0.5, 0.6) is 0 Å². The number of benzene rings is 3. The summed E-state index contributed by atoms with van der Waals surface area (Å²) in [5.41, 5.74) is 0.993. The zero-order valence-corrected chi connectivity index (χ0v) is 17.7. The van der Waals surface area contributed by atoms with Gasteiger partial charge in [-0.25, -0.2) is 12.7 Å². The molecule has 0 atom stereocenters. The molecular formula is C24H22N2O4S. The van der Waals surface area contributed by atoms with E-state index in [2.05, 4.69) is 5.32 Å². The maximum atomic E-state index is 13.2. The topological polar surface area (TPSA) is 83.6 Å². The number of hydrogen-bond acceptors (Lipinski definition) is 4. The van der Waals surface area contributed by atoms with Crippen LogP contribution in [0.4, 0.5) is 5.69 Å². The Hall–Kier alpha value is -3.19. The number of amides is 2. The molecule has 7 heteroatoms. The highest BCUT2D eigenvalue weighted by atomic mass is 32.2. The van der Waals surface area contributed by atoms with Crippen molar-refractivity contribution in [2.24, 2.45) is 0 Å². The average Bonchev–Trinajstić information content (AvgIpc) is 2.99. The van der Waals surface area contributed by atoms with Crippen molar-refractivity contribution in [3.8, 4) is 0 Å². The Labute approximate surface area is 180 Å². The summed E-state index contributed by atoms with van der Waals surface area (Å²) in [6, 6.07) is 17.3. The standard InChI is InChI=1S/C24H22N2O4S/c27-23(25-21-12-6-8-16-7-4-5-11-19(16)21)17-13-14-20-22(15-17)31(29,30)26(24(20)28)18-9-2-1-3-10-18/h4-8,11-15,18H,1-3,9-10H2,(H,25,27). The van der Waals surface area contributed by atoms with Crippen LogP contribution >= 0.6 is 0 Å². The molecule has 31 heavy (non-hydrogen) atoms. The van der Waals surface area contributed by atoms with E-state index in [4.69, 9.17) is 0 Å². The molecule has 1 N–H and O–H groups in total. The maximum absolute atomic E-state index is 13.2. The first-order chi connectivity index (χ1) is 15.0. The summed E-state index contributed by atoms with van der Waals surface area (Å²) in [4.78, 5) is 25.7. The van der Waals surface area contributed by atoms with Crippen LogP contribution in [0.1, 0.15) is 52.8 Å². The van der Waals surface area contributed by atoms with Gasteiger partial charge in [0.15, 0.2) is 0 Å². The van der Waals surface area contributed by atoms with E-state index in [0.29, 0.717) is 18.5 Å². The van der Waals surface area contributed by atoms with Crippen LogP contribution in [0, 0.1) is 0 Å². The monoisotopic (exact) mass is 434 g/mol. The largest absolute Gasteiger partial charge is 0.321 e. The second-order valence-electron chi connectivity index (χ2n) is 8.09. The molecule has 2 aliphatic rings. The van der Waals surface area contributed by atoms with Crippen molar-refractivity contribution in [1.82, 2.24) is 4.31 Å². The van der Waals surface area contributed by atoms with E-state index in [1.807, 2.05) is 36.4 Å². The molecule has 158 valence electrons. The van der Waals surface area contributed by atoms with E-state index >= 15 is 0 Å². The maximum Gasteiger partial charge on any atom is 0.269 e. The molecule has 1 fully saturated rings. The SMILES string of the molecule is O=C(Nc1cccc2ccccc12)c1ccc2c(c1)S(=O)(=O)N(C1CCCCC1)C2=O. The van der Waals surface area contributed by atoms with Crippen molar-refractivity contribution in [2.45, 2.75) is 43.0 Å². The van der Waals surface area contributed by atoms with Gasteiger partial charge >= 0.3 is 0 Å². The number of sulfonamides is 1. The Kier molecular flexibility index (Phi) is 4.78. The van der Waals surface area contributed by atoms with E-state index in [-0.39, 0.29) is 22.1 Å². The van der Waals surface area contributed by atoms with Crippen LogP contribution < -0.4 is 5.32 Å². The predicted molar refractivity (Wildman–Crippen MR) is 119 cm³/mol. The van der Waals surface area contributed by atoms with Gasteiger partial charge in [0.1, 0.15) is 4.90 Å². The van der Waals surface area contributed by atoms with E-state index in [1.165, 1.54) is 18.2 Å². The Morgan fingerprint density at radius 2 is 1.68 bits per heavy atom. The lowest BCUT2D eigenvalue weighted by Gasteiger charge is -2.29. The third-order valence-electron chi connectivity index (χ3n) is 6.16. The molecule has 1 saturated carbocycles. The molecular weight excluding hydrogens is 412 g/mol. The number of rotatable bonds is 3. The lowest BCUT2D eigenvalue weighted by Crippen LogP contribution is -2.40. The predicted octanol–water partition coefficient (Wildman–Crippen LogP) is 4.57. The summed E-state index contributed by atoms with van der Waals surface area (Å²) < 4.78 is 27.4. The quantitative estimate of drug-likeness (QED) is 0.655. The normalized spacial score (nSPS) is 18.2. The fourth-order valence-corrected chi connectivity index (χ4v) is 6.44. The van der Waals surface area contributed by atoms with Gasteiger partial charge in [-0.05, 0) is 42.5 Å². The summed E-state index contributed by atoms with van der Waals surface area (Å²) in [6.45, 7) is 0. The van der Waals surface area contributed by atoms with Gasteiger partial charge < -0.3 is 5.32 Å². The summed E-state index contributed by atoms with van der Waals surface area (Å²) in [5.74, 6) is -0.902. The minimum Gasteiger partial charge on any atom is -0.321 e. The second kappa shape index (κ2) is 7.50. The zero-order chi connectivity index (χ0) is 21.6. The Morgan fingerprint density at radius 1 is 0.935 bits per heavy atom. The molecule has 3 aromatic rings. The van der Waals surface area contributed by atoms with Crippen molar-refractivity contribution in [2.75, 3.05) is 5.32 Å². The Balaban J connectivity index is 1.47. The first-order valence-corrected chi connectivity index (χ1v) is 11.9.